The van der Waals surface area contributed by atoms with Crippen molar-refractivity contribution in [3.8, 4) is 0 Å². The molecule has 2 N–H and O–H groups in total. The zero-order valence-corrected chi connectivity index (χ0v) is 17.7. The van der Waals surface area contributed by atoms with Gasteiger partial charge in [-0.05, 0) is 48.4 Å². The SMILES string of the molecule is CN=C(NCCc1cc(Cl)cc(Cl)c1)NCCN1C(=O)C2C3C=CC(C3)C2C1=O. The van der Waals surface area contributed by atoms with E-state index in [0.717, 1.165) is 18.4 Å². The standard InChI is InChI=1S/C21H24Cl2N4O2/c1-24-21(25-5-4-12-8-15(22)11-16(23)9-12)26-6-7-27-19(28)17-13-2-3-14(10-13)18(17)20(27)29/h2-3,8-9,11,13-14,17-18H,4-7,10H2,1H3,(H2,24,25,26). The highest BCUT2D eigenvalue weighted by Gasteiger charge is 2.58. The van der Waals surface area contributed by atoms with Crippen LogP contribution in [0.2, 0.25) is 10.0 Å². The van der Waals surface area contributed by atoms with Crippen molar-refractivity contribution in [2.75, 3.05) is 26.7 Å². The van der Waals surface area contributed by atoms with E-state index in [2.05, 4.69) is 27.8 Å². The summed E-state index contributed by atoms with van der Waals surface area (Å²) in [5.74, 6) is 0.805. The average Bonchev–Trinajstić information content (AvgIpc) is 3.35. The van der Waals surface area contributed by atoms with Crippen LogP contribution in [0.15, 0.2) is 35.3 Å². The lowest BCUT2D eigenvalue weighted by molar-refractivity contribution is -0.140. The van der Waals surface area contributed by atoms with Crippen LogP contribution in [0.3, 0.4) is 0 Å². The summed E-state index contributed by atoms with van der Waals surface area (Å²) < 4.78 is 0. The largest absolute Gasteiger partial charge is 0.356 e. The molecule has 2 aliphatic carbocycles. The van der Waals surface area contributed by atoms with E-state index in [1.54, 1.807) is 13.1 Å². The number of imide groups is 1. The number of nitrogens with zero attached hydrogens (tertiary/aromatic N) is 2. The molecule has 4 unspecified atom stereocenters. The van der Waals surface area contributed by atoms with Gasteiger partial charge in [-0.25, -0.2) is 0 Å². The fourth-order valence-corrected chi connectivity index (χ4v) is 5.34. The molecule has 4 rings (SSSR count). The molecule has 154 valence electrons. The van der Waals surface area contributed by atoms with Crippen molar-refractivity contribution >= 4 is 41.0 Å². The van der Waals surface area contributed by atoms with Crippen LogP contribution in [-0.4, -0.2) is 49.4 Å². The van der Waals surface area contributed by atoms with Gasteiger partial charge in [-0.3, -0.25) is 19.5 Å². The maximum atomic E-state index is 12.7. The predicted molar refractivity (Wildman–Crippen MR) is 114 cm³/mol. The number of carbonyl (C=O) groups is 2. The van der Waals surface area contributed by atoms with Crippen LogP contribution in [0.25, 0.3) is 0 Å². The highest BCUT2D eigenvalue weighted by Crippen LogP contribution is 2.52. The molecule has 1 aromatic rings. The molecule has 4 atom stereocenters. The molecule has 29 heavy (non-hydrogen) atoms. The lowest BCUT2D eigenvalue weighted by atomic mass is 9.85. The molecule has 6 nitrogen and oxygen atoms in total. The van der Waals surface area contributed by atoms with Crippen LogP contribution in [0, 0.1) is 23.7 Å². The van der Waals surface area contributed by atoms with Crippen LogP contribution in [0.5, 0.6) is 0 Å². The van der Waals surface area contributed by atoms with Crippen molar-refractivity contribution in [1.82, 2.24) is 15.5 Å². The number of halogens is 2. The highest BCUT2D eigenvalue weighted by molar-refractivity contribution is 6.34. The third-order valence-corrected chi connectivity index (χ3v) is 6.48. The molecule has 8 heteroatoms. The second-order valence-corrected chi connectivity index (χ2v) is 8.65. The monoisotopic (exact) mass is 434 g/mol. The number of likely N-dealkylation sites (tertiary alicyclic amines) is 1. The fraction of sp³-hybridized carbons (Fsp3) is 0.476. The van der Waals surface area contributed by atoms with Gasteiger partial charge in [0.25, 0.3) is 0 Å². The molecule has 2 bridgehead atoms. The normalized spacial score (nSPS) is 27.7. The van der Waals surface area contributed by atoms with Crippen molar-refractivity contribution in [2.24, 2.45) is 28.7 Å². The second kappa shape index (κ2) is 8.36. The summed E-state index contributed by atoms with van der Waals surface area (Å²) in [7, 11) is 1.69. The third-order valence-electron chi connectivity index (χ3n) is 6.04. The molecule has 0 spiro atoms. The Morgan fingerprint density at radius 2 is 1.62 bits per heavy atom. The first-order chi connectivity index (χ1) is 14.0. The molecule has 1 heterocycles. The van der Waals surface area contributed by atoms with E-state index in [9.17, 15) is 9.59 Å². The van der Waals surface area contributed by atoms with Crippen LogP contribution in [-0.2, 0) is 16.0 Å². The molecule has 1 aromatic carbocycles. The summed E-state index contributed by atoms with van der Waals surface area (Å²) in [4.78, 5) is 31.0. The molecule has 1 saturated carbocycles. The summed E-state index contributed by atoms with van der Waals surface area (Å²) >= 11 is 12.1. The number of hydrogen-bond acceptors (Lipinski definition) is 3. The highest BCUT2D eigenvalue weighted by atomic mass is 35.5. The molecule has 0 aromatic heterocycles. The van der Waals surface area contributed by atoms with Crippen molar-refractivity contribution in [2.45, 2.75) is 12.8 Å². The molecule has 2 fully saturated rings. The van der Waals surface area contributed by atoms with Gasteiger partial charge in [0.05, 0.1) is 11.8 Å². The number of carbonyl (C=O) groups excluding carboxylic acids is 2. The number of fused-ring (bicyclic) bond motifs is 5. The van der Waals surface area contributed by atoms with Crippen molar-refractivity contribution in [3.63, 3.8) is 0 Å². The van der Waals surface area contributed by atoms with Gasteiger partial charge in [-0.15, -0.1) is 0 Å². The fourth-order valence-electron chi connectivity index (χ4n) is 4.77. The summed E-state index contributed by atoms with van der Waals surface area (Å²) in [5, 5.41) is 7.63. The predicted octanol–water partition coefficient (Wildman–Crippen LogP) is 2.51. The summed E-state index contributed by atoms with van der Waals surface area (Å²) in [6.45, 7) is 1.47. The lowest BCUT2D eigenvalue weighted by Crippen LogP contribution is -2.44. The minimum absolute atomic E-state index is 0.0144. The van der Waals surface area contributed by atoms with Gasteiger partial charge in [0, 0.05) is 36.7 Å². The molecule has 1 saturated heterocycles. The third kappa shape index (κ3) is 4.01. The van der Waals surface area contributed by atoms with Crippen molar-refractivity contribution in [3.05, 3.63) is 46.0 Å². The average molecular weight is 435 g/mol. The topological polar surface area (TPSA) is 73.8 Å². The summed E-state index contributed by atoms with van der Waals surface area (Å²) in [5.41, 5.74) is 1.04. The molecule has 1 aliphatic heterocycles. The Bertz CT molecular complexity index is 835. The van der Waals surface area contributed by atoms with Crippen molar-refractivity contribution < 1.29 is 9.59 Å². The van der Waals surface area contributed by atoms with E-state index in [1.165, 1.54) is 4.90 Å². The summed E-state index contributed by atoms with van der Waals surface area (Å²) in [6.07, 6.45) is 5.91. The molecule has 3 aliphatic rings. The number of nitrogens with one attached hydrogen (secondary N) is 2. The van der Waals surface area contributed by atoms with Crippen LogP contribution < -0.4 is 10.6 Å². The summed E-state index contributed by atoms with van der Waals surface area (Å²) in [6, 6.07) is 5.47. The molecular formula is C21H24Cl2N4O2. The molecule has 0 radical (unpaired) electrons. The Labute approximate surface area is 180 Å². The van der Waals surface area contributed by atoms with Gasteiger partial charge < -0.3 is 10.6 Å². The number of hydrogen-bond donors (Lipinski definition) is 2. The van der Waals surface area contributed by atoms with Crippen LogP contribution in [0.4, 0.5) is 0 Å². The van der Waals surface area contributed by atoms with Crippen LogP contribution >= 0.6 is 23.2 Å². The minimum Gasteiger partial charge on any atom is -0.356 e. The van der Waals surface area contributed by atoms with Gasteiger partial charge in [-0.2, -0.15) is 0 Å². The van der Waals surface area contributed by atoms with E-state index < -0.39 is 0 Å². The number of benzene rings is 1. The van der Waals surface area contributed by atoms with Gasteiger partial charge in [-0.1, -0.05) is 35.4 Å². The zero-order chi connectivity index (χ0) is 20.5. The Balaban J connectivity index is 1.23. The van der Waals surface area contributed by atoms with E-state index in [-0.39, 0.29) is 35.5 Å². The van der Waals surface area contributed by atoms with Gasteiger partial charge in [0.2, 0.25) is 11.8 Å². The van der Waals surface area contributed by atoms with E-state index in [1.807, 2.05) is 12.1 Å². The Morgan fingerprint density at radius 3 is 2.21 bits per heavy atom. The van der Waals surface area contributed by atoms with Gasteiger partial charge >= 0.3 is 0 Å². The number of guanidine groups is 1. The molecular weight excluding hydrogens is 411 g/mol. The number of aliphatic imine (C=N–C) groups is 1. The number of rotatable bonds is 6. The Kier molecular flexibility index (Phi) is 5.83. The van der Waals surface area contributed by atoms with E-state index in [0.29, 0.717) is 35.6 Å². The Hall–Kier alpha value is -2.05. The van der Waals surface area contributed by atoms with Crippen LogP contribution in [0.1, 0.15) is 12.0 Å². The quantitative estimate of drug-likeness (QED) is 0.312. The smallest absolute Gasteiger partial charge is 0.233 e. The maximum absolute atomic E-state index is 12.7. The first kappa shape index (κ1) is 20.2. The lowest BCUT2D eigenvalue weighted by Gasteiger charge is -2.18. The first-order valence-corrected chi connectivity index (χ1v) is 10.7. The second-order valence-electron chi connectivity index (χ2n) is 7.78. The maximum Gasteiger partial charge on any atom is 0.233 e. The number of amides is 2. The number of allylic oxidation sites excluding steroid dienone is 2. The van der Waals surface area contributed by atoms with Gasteiger partial charge in [0.1, 0.15) is 0 Å². The zero-order valence-electron chi connectivity index (χ0n) is 16.2. The molecule has 2 amide bonds. The van der Waals surface area contributed by atoms with E-state index >= 15 is 0 Å². The minimum atomic E-state index is -0.139. The van der Waals surface area contributed by atoms with E-state index in [4.69, 9.17) is 23.2 Å². The van der Waals surface area contributed by atoms with Crippen molar-refractivity contribution in [1.29, 1.82) is 0 Å². The van der Waals surface area contributed by atoms with Gasteiger partial charge in [0.15, 0.2) is 5.96 Å². The first-order valence-electron chi connectivity index (χ1n) is 9.91. The Morgan fingerprint density at radius 1 is 1.03 bits per heavy atom.